The van der Waals surface area contributed by atoms with Crippen molar-refractivity contribution in [1.29, 1.82) is 0 Å². The minimum atomic E-state index is -0.886. The van der Waals surface area contributed by atoms with E-state index in [0.29, 0.717) is 16.0 Å². The van der Waals surface area contributed by atoms with Gasteiger partial charge in [0, 0.05) is 16.3 Å². The van der Waals surface area contributed by atoms with Gasteiger partial charge in [0.1, 0.15) is 0 Å². The van der Waals surface area contributed by atoms with Gasteiger partial charge in [-0.25, -0.2) is 4.79 Å². The highest BCUT2D eigenvalue weighted by Gasteiger charge is 2.17. The minimum Gasteiger partial charge on any atom is -0.351 e. The number of primary amides is 1. The van der Waals surface area contributed by atoms with Crippen LogP contribution in [0.25, 0.3) is 17.1 Å². The van der Waals surface area contributed by atoms with Crippen molar-refractivity contribution < 1.29 is 9.59 Å². The Morgan fingerprint density at radius 1 is 1.19 bits per heavy atom. The summed E-state index contributed by atoms with van der Waals surface area (Å²) in [4.78, 5) is 22.5. The summed E-state index contributed by atoms with van der Waals surface area (Å²) < 4.78 is 1.86. The zero-order valence-corrected chi connectivity index (χ0v) is 15.9. The number of carbonyl (C=O) groups is 2. The van der Waals surface area contributed by atoms with Gasteiger partial charge in [-0.3, -0.25) is 14.7 Å². The second kappa shape index (κ2) is 8.24. The molecule has 1 aromatic heterocycles. The molecule has 0 aliphatic heterocycles. The molecule has 27 heavy (non-hydrogen) atoms. The lowest BCUT2D eigenvalue weighted by molar-refractivity contribution is -0.117. The highest BCUT2D eigenvalue weighted by molar-refractivity contribution is 7.99. The average molecular weight is 402 g/mol. The van der Waals surface area contributed by atoms with Gasteiger partial charge in [-0.05, 0) is 48.9 Å². The molecule has 0 atom stereocenters. The van der Waals surface area contributed by atoms with Crippen LogP contribution in [0.5, 0.6) is 0 Å². The van der Waals surface area contributed by atoms with E-state index in [1.165, 1.54) is 0 Å². The van der Waals surface area contributed by atoms with E-state index in [1.54, 1.807) is 12.1 Å². The summed E-state index contributed by atoms with van der Waals surface area (Å²) in [6.45, 7) is 1.99. The van der Waals surface area contributed by atoms with Crippen LogP contribution in [0.15, 0.2) is 53.7 Å². The highest BCUT2D eigenvalue weighted by Crippen LogP contribution is 2.29. The van der Waals surface area contributed by atoms with Crippen LogP contribution >= 0.6 is 23.4 Å². The fourth-order valence-electron chi connectivity index (χ4n) is 2.45. The van der Waals surface area contributed by atoms with E-state index in [4.69, 9.17) is 17.3 Å². The van der Waals surface area contributed by atoms with E-state index in [-0.39, 0.29) is 5.75 Å². The molecule has 0 bridgehead atoms. The molecule has 0 unspecified atom stereocenters. The summed E-state index contributed by atoms with van der Waals surface area (Å²) >= 11 is 7.14. The molecule has 3 aromatic rings. The monoisotopic (exact) mass is 401 g/mol. The Bertz CT molecular complexity index is 988. The van der Waals surface area contributed by atoms with Crippen molar-refractivity contribution in [1.82, 2.24) is 20.1 Å². The van der Waals surface area contributed by atoms with E-state index in [0.717, 1.165) is 28.6 Å². The molecule has 7 nitrogen and oxygen atoms in total. The zero-order valence-electron chi connectivity index (χ0n) is 14.3. The first-order chi connectivity index (χ1) is 12.9. The lowest BCUT2D eigenvalue weighted by Crippen LogP contribution is -2.36. The van der Waals surface area contributed by atoms with E-state index in [2.05, 4.69) is 10.2 Å². The van der Waals surface area contributed by atoms with Crippen LogP contribution in [0, 0.1) is 6.92 Å². The number of nitrogens with two attached hydrogens (primary N) is 1. The third kappa shape index (κ3) is 4.66. The molecule has 0 aliphatic carbocycles. The number of rotatable bonds is 5. The van der Waals surface area contributed by atoms with Crippen molar-refractivity contribution in [2.24, 2.45) is 5.73 Å². The van der Waals surface area contributed by atoms with Gasteiger partial charge in [0.05, 0.1) is 5.75 Å². The van der Waals surface area contributed by atoms with Gasteiger partial charge < -0.3 is 5.73 Å². The molecule has 0 saturated carbocycles. The van der Waals surface area contributed by atoms with Crippen molar-refractivity contribution >= 4 is 35.3 Å². The number of hydrogen-bond acceptors (Lipinski definition) is 5. The predicted molar refractivity (Wildman–Crippen MR) is 105 cm³/mol. The van der Waals surface area contributed by atoms with Crippen LogP contribution in [0.3, 0.4) is 0 Å². The van der Waals surface area contributed by atoms with E-state index in [9.17, 15) is 9.59 Å². The van der Waals surface area contributed by atoms with Crippen molar-refractivity contribution in [2.45, 2.75) is 12.1 Å². The molecule has 0 radical (unpaired) electrons. The number of imide groups is 1. The number of nitrogens with zero attached hydrogens (tertiary/aromatic N) is 3. The Labute approximate surface area is 164 Å². The first-order valence-electron chi connectivity index (χ1n) is 7.94. The number of hydrogen-bond donors (Lipinski definition) is 2. The van der Waals surface area contributed by atoms with Gasteiger partial charge in [0.15, 0.2) is 11.0 Å². The Morgan fingerprint density at radius 3 is 2.59 bits per heavy atom. The zero-order chi connectivity index (χ0) is 19.4. The van der Waals surface area contributed by atoms with Crippen molar-refractivity contribution in [3.63, 3.8) is 0 Å². The van der Waals surface area contributed by atoms with Gasteiger partial charge in [0.25, 0.3) is 0 Å². The largest absolute Gasteiger partial charge is 0.351 e. The summed E-state index contributed by atoms with van der Waals surface area (Å²) in [7, 11) is 0. The van der Waals surface area contributed by atoms with Gasteiger partial charge in [-0.2, -0.15) is 0 Å². The third-order valence-corrected chi connectivity index (χ3v) is 4.77. The topological polar surface area (TPSA) is 103 Å². The maximum absolute atomic E-state index is 11.7. The normalized spacial score (nSPS) is 10.6. The molecule has 3 amide bonds. The summed E-state index contributed by atoms with van der Waals surface area (Å²) in [6.07, 6.45) is 0. The molecule has 9 heteroatoms. The van der Waals surface area contributed by atoms with Crippen molar-refractivity contribution in [3.05, 3.63) is 59.1 Å². The number of halogens is 1. The average Bonchev–Trinajstić information content (AvgIpc) is 3.04. The Kier molecular flexibility index (Phi) is 5.78. The Hall–Kier alpha value is -2.84. The fourth-order valence-corrected chi connectivity index (χ4v) is 3.33. The standard InChI is InChI=1S/C18H16ClN5O2S/c1-11-3-2-4-14(9-11)24-16(12-5-7-13(19)8-6-12)22-23-18(24)27-10-15(25)21-17(20)26/h2-9H,10H2,1H3,(H3,20,21,25,26). The maximum atomic E-state index is 11.7. The fraction of sp³-hybridized carbons (Fsp3) is 0.111. The quantitative estimate of drug-likeness (QED) is 0.639. The number of amides is 3. The maximum Gasteiger partial charge on any atom is 0.318 e. The molecule has 0 saturated heterocycles. The number of carbonyl (C=O) groups excluding carboxylic acids is 2. The first kappa shape index (κ1) is 18.9. The number of aromatic nitrogens is 3. The van der Waals surface area contributed by atoms with Crippen LogP contribution in [-0.2, 0) is 4.79 Å². The predicted octanol–water partition coefficient (Wildman–Crippen LogP) is 3.18. The number of urea groups is 1. The number of aryl methyl sites for hydroxylation is 1. The van der Waals surface area contributed by atoms with Crippen LogP contribution in [0.4, 0.5) is 4.79 Å². The van der Waals surface area contributed by atoms with E-state index >= 15 is 0 Å². The molecular formula is C18H16ClN5O2S. The smallest absolute Gasteiger partial charge is 0.318 e. The Balaban J connectivity index is 1.99. The molecular weight excluding hydrogens is 386 g/mol. The molecule has 0 aliphatic rings. The summed E-state index contributed by atoms with van der Waals surface area (Å²) in [5.74, 6) is 0.0995. The lowest BCUT2D eigenvalue weighted by Gasteiger charge is -2.11. The van der Waals surface area contributed by atoms with Crippen LogP contribution in [0.1, 0.15) is 5.56 Å². The summed E-state index contributed by atoms with van der Waals surface area (Å²) in [5.41, 5.74) is 7.74. The van der Waals surface area contributed by atoms with Crippen molar-refractivity contribution in [2.75, 3.05) is 5.75 Å². The van der Waals surface area contributed by atoms with Gasteiger partial charge in [0.2, 0.25) is 5.91 Å². The second-order valence-electron chi connectivity index (χ2n) is 5.69. The molecule has 3 rings (SSSR count). The second-order valence-corrected chi connectivity index (χ2v) is 7.07. The van der Waals surface area contributed by atoms with Crippen molar-refractivity contribution in [3.8, 4) is 17.1 Å². The van der Waals surface area contributed by atoms with Crippen LogP contribution in [0.2, 0.25) is 5.02 Å². The van der Waals surface area contributed by atoms with E-state index in [1.807, 2.05) is 53.2 Å². The SMILES string of the molecule is Cc1cccc(-n2c(SCC(=O)NC(N)=O)nnc2-c2ccc(Cl)cc2)c1. The van der Waals surface area contributed by atoms with Gasteiger partial charge in [-0.15, -0.1) is 10.2 Å². The number of nitrogens with one attached hydrogen (secondary N) is 1. The molecule has 2 aromatic carbocycles. The molecule has 1 heterocycles. The van der Waals surface area contributed by atoms with Crippen LogP contribution < -0.4 is 11.1 Å². The summed E-state index contributed by atoms with van der Waals surface area (Å²) in [6, 6.07) is 14.2. The summed E-state index contributed by atoms with van der Waals surface area (Å²) in [5, 5.41) is 11.7. The van der Waals surface area contributed by atoms with Gasteiger partial charge in [-0.1, -0.05) is 35.5 Å². The molecule has 138 valence electrons. The van der Waals surface area contributed by atoms with Gasteiger partial charge >= 0.3 is 6.03 Å². The third-order valence-electron chi connectivity index (χ3n) is 3.59. The number of thioether (sulfide) groups is 1. The first-order valence-corrected chi connectivity index (χ1v) is 9.31. The highest BCUT2D eigenvalue weighted by atomic mass is 35.5. The molecule has 3 N–H and O–H groups in total. The Morgan fingerprint density at radius 2 is 1.93 bits per heavy atom. The molecule has 0 spiro atoms. The minimum absolute atomic E-state index is 0.0203. The number of benzene rings is 2. The molecule has 0 fully saturated rings. The van der Waals surface area contributed by atoms with Crippen LogP contribution in [-0.4, -0.2) is 32.5 Å². The van der Waals surface area contributed by atoms with E-state index < -0.39 is 11.9 Å². The lowest BCUT2D eigenvalue weighted by atomic mass is 10.2.